The molecule has 0 radical (unpaired) electrons. The van der Waals surface area contributed by atoms with Crippen LogP contribution in [0.1, 0.15) is 22.6 Å². The van der Waals surface area contributed by atoms with Gasteiger partial charge in [-0.25, -0.2) is 0 Å². The number of nitrogens with zero attached hydrogens (tertiary/aromatic N) is 1. The van der Waals surface area contributed by atoms with Gasteiger partial charge in [0, 0.05) is 18.3 Å². The number of methoxy groups -OCH3 is 1. The molecule has 19 heavy (non-hydrogen) atoms. The number of nitrogens with two attached hydrogens (primary N) is 1. The normalized spacial score (nSPS) is 12.2. The molecule has 2 rings (SSSR count). The third-order valence-electron chi connectivity index (χ3n) is 3.38. The number of benzene rings is 1. The van der Waals surface area contributed by atoms with Gasteiger partial charge in [0.05, 0.1) is 7.11 Å². The van der Waals surface area contributed by atoms with Crippen molar-refractivity contribution in [1.82, 2.24) is 4.98 Å². The summed E-state index contributed by atoms with van der Waals surface area (Å²) >= 11 is 0. The van der Waals surface area contributed by atoms with E-state index in [1.807, 2.05) is 18.3 Å². The van der Waals surface area contributed by atoms with Gasteiger partial charge in [-0.2, -0.15) is 0 Å². The first-order valence-electron chi connectivity index (χ1n) is 6.48. The maximum absolute atomic E-state index is 5.92. The third-order valence-corrected chi connectivity index (χ3v) is 3.38. The van der Waals surface area contributed by atoms with Crippen molar-refractivity contribution in [2.45, 2.75) is 19.3 Å². The lowest BCUT2D eigenvalue weighted by Gasteiger charge is -2.17. The van der Waals surface area contributed by atoms with Crippen molar-refractivity contribution in [2.75, 3.05) is 13.7 Å². The highest BCUT2D eigenvalue weighted by atomic mass is 16.5. The topological polar surface area (TPSA) is 48.1 Å². The van der Waals surface area contributed by atoms with Crippen molar-refractivity contribution < 1.29 is 4.74 Å². The van der Waals surface area contributed by atoms with E-state index in [4.69, 9.17) is 10.5 Å². The van der Waals surface area contributed by atoms with Crippen molar-refractivity contribution in [2.24, 2.45) is 5.73 Å². The fourth-order valence-electron chi connectivity index (χ4n) is 2.30. The Hall–Kier alpha value is -1.87. The molecule has 1 aromatic carbocycles. The second kappa shape index (κ2) is 6.34. The zero-order chi connectivity index (χ0) is 13.7. The molecule has 3 heteroatoms. The van der Waals surface area contributed by atoms with Gasteiger partial charge in [0.25, 0.3) is 0 Å². The van der Waals surface area contributed by atoms with E-state index in [1.54, 1.807) is 13.3 Å². The second-order valence-electron chi connectivity index (χ2n) is 4.73. The molecule has 2 aromatic rings. The van der Waals surface area contributed by atoms with Crippen molar-refractivity contribution in [3.8, 4) is 5.75 Å². The number of hydrogen-bond acceptors (Lipinski definition) is 3. The van der Waals surface area contributed by atoms with E-state index in [9.17, 15) is 0 Å². The molecule has 2 N–H and O–H groups in total. The standard InChI is InChI=1S/C16H20N2O/c1-12-8-14(5-6-16(12)19-2)15(10-17)9-13-4-3-7-18-11-13/h3-8,11,15H,9-10,17H2,1-2H3. The number of rotatable bonds is 5. The molecule has 0 aliphatic heterocycles. The van der Waals surface area contributed by atoms with Gasteiger partial charge in [-0.1, -0.05) is 18.2 Å². The number of hydrogen-bond donors (Lipinski definition) is 1. The maximum Gasteiger partial charge on any atom is 0.121 e. The molecule has 0 fully saturated rings. The molecule has 1 unspecified atom stereocenters. The summed E-state index contributed by atoms with van der Waals surface area (Å²) in [6.07, 6.45) is 4.60. The molecule has 0 bridgehead atoms. The van der Waals surface area contributed by atoms with Crippen LogP contribution in [0.15, 0.2) is 42.7 Å². The molecule has 0 spiro atoms. The van der Waals surface area contributed by atoms with Crippen LogP contribution in [0, 0.1) is 6.92 Å². The average Bonchev–Trinajstić information content (AvgIpc) is 2.46. The zero-order valence-electron chi connectivity index (χ0n) is 11.5. The number of ether oxygens (including phenoxy) is 1. The van der Waals surface area contributed by atoms with Crippen LogP contribution in [0.3, 0.4) is 0 Å². The molecule has 1 aromatic heterocycles. The summed E-state index contributed by atoms with van der Waals surface area (Å²) in [6, 6.07) is 10.3. The van der Waals surface area contributed by atoms with Crippen LogP contribution in [-0.2, 0) is 6.42 Å². The summed E-state index contributed by atoms with van der Waals surface area (Å²) in [5.41, 5.74) is 9.53. The van der Waals surface area contributed by atoms with Crippen molar-refractivity contribution >= 4 is 0 Å². The minimum Gasteiger partial charge on any atom is -0.496 e. The summed E-state index contributed by atoms with van der Waals surface area (Å²) < 4.78 is 5.29. The summed E-state index contributed by atoms with van der Waals surface area (Å²) in [5, 5.41) is 0. The second-order valence-corrected chi connectivity index (χ2v) is 4.73. The Balaban J connectivity index is 2.20. The number of pyridine rings is 1. The van der Waals surface area contributed by atoms with Gasteiger partial charge >= 0.3 is 0 Å². The van der Waals surface area contributed by atoms with E-state index < -0.39 is 0 Å². The molecule has 0 aliphatic rings. The Morgan fingerprint density at radius 1 is 1.32 bits per heavy atom. The van der Waals surface area contributed by atoms with E-state index >= 15 is 0 Å². The highest BCUT2D eigenvalue weighted by molar-refractivity contribution is 5.38. The number of aromatic nitrogens is 1. The molecule has 0 saturated carbocycles. The highest BCUT2D eigenvalue weighted by Crippen LogP contribution is 2.25. The van der Waals surface area contributed by atoms with E-state index in [0.717, 1.165) is 17.7 Å². The van der Waals surface area contributed by atoms with Crippen molar-refractivity contribution in [1.29, 1.82) is 0 Å². The zero-order valence-corrected chi connectivity index (χ0v) is 11.5. The largest absolute Gasteiger partial charge is 0.496 e. The first-order chi connectivity index (χ1) is 9.24. The average molecular weight is 256 g/mol. The Bertz CT molecular complexity index is 526. The van der Waals surface area contributed by atoms with Crippen LogP contribution in [0.2, 0.25) is 0 Å². The Labute approximate surface area is 114 Å². The van der Waals surface area contributed by atoms with E-state index in [1.165, 1.54) is 11.1 Å². The van der Waals surface area contributed by atoms with E-state index in [0.29, 0.717) is 12.5 Å². The lowest BCUT2D eigenvalue weighted by molar-refractivity contribution is 0.411. The summed E-state index contributed by atoms with van der Waals surface area (Å²) in [4.78, 5) is 4.15. The molecule has 1 heterocycles. The molecule has 0 saturated heterocycles. The van der Waals surface area contributed by atoms with Gasteiger partial charge in [-0.15, -0.1) is 0 Å². The van der Waals surface area contributed by atoms with Crippen LogP contribution >= 0.6 is 0 Å². The number of aryl methyl sites for hydroxylation is 1. The quantitative estimate of drug-likeness (QED) is 0.894. The first-order valence-corrected chi connectivity index (χ1v) is 6.48. The lowest BCUT2D eigenvalue weighted by atomic mass is 9.91. The summed E-state index contributed by atoms with van der Waals surface area (Å²) in [6.45, 7) is 2.68. The maximum atomic E-state index is 5.92. The van der Waals surface area contributed by atoms with Gasteiger partial charge in [-0.3, -0.25) is 4.98 Å². The molecule has 0 amide bonds. The Kier molecular flexibility index (Phi) is 4.53. The van der Waals surface area contributed by atoms with Gasteiger partial charge in [-0.05, 0) is 48.7 Å². The Morgan fingerprint density at radius 2 is 2.16 bits per heavy atom. The molecule has 1 atom stereocenters. The predicted octanol–water partition coefficient (Wildman–Crippen LogP) is 2.68. The van der Waals surface area contributed by atoms with Crippen molar-refractivity contribution in [3.05, 3.63) is 59.4 Å². The van der Waals surface area contributed by atoms with Gasteiger partial charge in [0.2, 0.25) is 0 Å². The third kappa shape index (κ3) is 3.32. The molecule has 100 valence electrons. The van der Waals surface area contributed by atoms with Gasteiger partial charge in [0.15, 0.2) is 0 Å². The highest BCUT2D eigenvalue weighted by Gasteiger charge is 2.12. The summed E-state index contributed by atoms with van der Waals surface area (Å²) in [7, 11) is 1.69. The fourth-order valence-corrected chi connectivity index (χ4v) is 2.30. The molecule has 0 aliphatic carbocycles. The Morgan fingerprint density at radius 3 is 2.74 bits per heavy atom. The van der Waals surface area contributed by atoms with Crippen LogP contribution < -0.4 is 10.5 Å². The molecular weight excluding hydrogens is 236 g/mol. The smallest absolute Gasteiger partial charge is 0.121 e. The minimum atomic E-state index is 0.314. The monoisotopic (exact) mass is 256 g/mol. The minimum absolute atomic E-state index is 0.314. The molecular formula is C16H20N2O. The van der Waals surface area contributed by atoms with Crippen LogP contribution in [0.5, 0.6) is 5.75 Å². The lowest BCUT2D eigenvalue weighted by Crippen LogP contribution is -2.15. The van der Waals surface area contributed by atoms with Crippen molar-refractivity contribution in [3.63, 3.8) is 0 Å². The van der Waals surface area contributed by atoms with Gasteiger partial charge in [0.1, 0.15) is 5.75 Å². The van der Waals surface area contributed by atoms with E-state index in [-0.39, 0.29) is 0 Å². The van der Waals surface area contributed by atoms with Crippen LogP contribution in [0.4, 0.5) is 0 Å². The van der Waals surface area contributed by atoms with E-state index in [2.05, 4.69) is 30.1 Å². The SMILES string of the molecule is COc1ccc(C(CN)Cc2cccnc2)cc1C. The summed E-state index contributed by atoms with van der Waals surface area (Å²) in [5.74, 6) is 1.23. The van der Waals surface area contributed by atoms with Gasteiger partial charge < -0.3 is 10.5 Å². The first kappa shape index (κ1) is 13.6. The van der Waals surface area contributed by atoms with Crippen LogP contribution in [0.25, 0.3) is 0 Å². The fraction of sp³-hybridized carbons (Fsp3) is 0.312. The predicted molar refractivity (Wildman–Crippen MR) is 77.5 cm³/mol. The molecule has 3 nitrogen and oxygen atoms in total. The van der Waals surface area contributed by atoms with Crippen LogP contribution in [-0.4, -0.2) is 18.6 Å².